The molecule has 4 nitrogen and oxygen atoms in total. The average Bonchev–Trinajstić information content (AvgIpc) is 2.21. The van der Waals surface area contributed by atoms with Crippen LogP contribution in [0.4, 0.5) is 4.39 Å². The van der Waals surface area contributed by atoms with E-state index >= 15 is 0 Å². The Morgan fingerprint density at radius 1 is 1.50 bits per heavy atom. The highest BCUT2D eigenvalue weighted by atomic mass is 127. The van der Waals surface area contributed by atoms with E-state index in [0.29, 0.717) is 3.57 Å². The summed E-state index contributed by atoms with van der Waals surface area (Å²) in [6, 6.07) is 2.96. The molecule has 0 aliphatic carbocycles. The predicted octanol–water partition coefficient (Wildman–Crippen LogP) is 1.63. The molecule has 1 atom stereocenters. The molecule has 0 saturated heterocycles. The largest absolute Gasteiger partial charge is 0.480 e. The van der Waals surface area contributed by atoms with Crippen LogP contribution in [0.15, 0.2) is 18.2 Å². The van der Waals surface area contributed by atoms with Crippen molar-refractivity contribution in [3.05, 3.63) is 33.1 Å². The third kappa shape index (κ3) is 3.16. The molecule has 16 heavy (non-hydrogen) atoms. The lowest BCUT2D eigenvalue weighted by molar-refractivity contribution is -0.138. The quantitative estimate of drug-likeness (QED) is 0.824. The number of carboxylic acid groups (broad SMARTS) is 1. The highest BCUT2D eigenvalue weighted by Crippen LogP contribution is 2.12. The van der Waals surface area contributed by atoms with Crippen LogP contribution in [0.2, 0.25) is 0 Å². The zero-order valence-corrected chi connectivity index (χ0v) is 10.5. The summed E-state index contributed by atoms with van der Waals surface area (Å²) in [5, 5.41) is 10.8. The van der Waals surface area contributed by atoms with Crippen molar-refractivity contribution in [3.8, 4) is 0 Å². The predicted molar refractivity (Wildman–Crippen MR) is 63.7 cm³/mol. The molecule has 86 valence electrons. The van der Waals surface area contributed by atoms with Gasteiger partial charge >= 0.3 is 5.97 Å². The number of amides is 1. The molecule has 0 aliphatic heterocycles. The van der Waals surface area contributed by atoms with Gasteiger partial charge in [0.25, 0.3) is 5.91 Å². The first-order valence-corrected chi connectivity index (χ1v) is 5.48. The number of carboxylic acids is 1. The molecule has 6 heteroatoms. The summed E-state index contributed by atoms with van der Waals surface area (Å²) in [5.41, 5.74) is 0.103. The summed E-state index contributed by atoms with van der Waals surface area (Å²) in [4.78, 5) is 22.0. The van der Waals surface area contributed by atoms with E-state index in [-0.39, 0.29) is 5.56 Å². The molecule has 1 aromatic rings. The standard InChI is InChI=1S/C10H9FINO3/c1-5(10(15)16)13-9(14)6-2-3-8(12)7(11)4-6/h2-5H,1H3,(H,13,14)(H,15,16)/t5-/m0/s1. The number of rotatable bonds is 3. The Morgan fingerprint density at radius 2 is 2.12 bits per heavy atom. The van der Waals surface area contributed by atoms with Crippen LogP contribution in [0.3, 0.4) is 0 Å². The fourth-order valence-corrected chi connectivity index (χ4v) is 1.31. The number of nitrogens with one attached hydrogen (secondary N) is 1. The molecule has 1 aromatic carbocycles. The van der Waals surface area contributed by atoms with Gasteiger partial charge in [-0.1, -0.05) is 0 Å². The van der Waals surface area contributed by atoms with Gasteiger partial charge in [-0.2, -0.15) is 0 Å². The summed E-state index contributed by atoms with van der Waals surface area (Å²) in [6.45, 7) is 1.34. The molecular weight excluding hydrogens is 328 g/mol. The Labute approximate surface area is 105 Å². The van der Waals surface area contributed by atoms with E-state index in [1.807, 2.05) is 0 Å². The summed E-state index contributed by atoms with van der Waals surface area (Å²) in [6.07, 6.45) is 0. The second kappa shape index (κ2) is 5.24. The number of carbonyl (C=O) groups is 2. The molecule has 0 spiro atoms. The number of benzene rings is 1. The van der Waals surface area contributed by atoms with Crippen LogP contribution < -0.4 is 5.32 Å². The van der Waals surface area contributed by atoms with E-state index in [0.717, 1.165) is 6.07 Å². The second-order valence-corrected chi connectivity index (χ2v) is 4.32. The fourth-order valence-electron chi connectivity index (χ4n) is 0.979. The highest BCUT2D eigenvalue weighted by molar-refractivity contribution is 14.1. The molecule has 0 heterocycles. The molecule has 0 unspecified atom stereocenters. The van der Waals surface area contributed by atoms with Crippen LogP contribution in [-0.2, 0) is 4.79 Å². The van der Waals surface area contributed by atoms with Crippen LogP contribution in [0.25, 0.3) is 0 Å². The molecule has 2 N–H and O–H groups in total. The lowest BCUT2D eigenvalue weighted by atomic mass is 10.2. The lowest BCUT2D eigenvalue weighted by Gasteiger charge is -2.09. The number of halogens is 2. The molecular formula is C10H9FINO3. The van der Waals surface area contributed by atoms with Crippen molar-refractivity contribution in [2.24, 2.45) is 0 Å². The summed E-state index contributed by atoms with van der Waals surface area (Å²) >= 11 is 1.80. The third-order valence-corrected chi connectivity index (χ3v) is 2.77. The SMILES string of the molecule is C[C@H](NC(=O)c1ccc(I)c(F)c1)C(=O)O. The van der Waals surface area contributed by atoms with Crippen LogP contribution in [0.5, 0.6) is 0 Å². The Bertz CT molecular complexity index is 436. The Morgan fingerprint density at radius 3 is 2.62 bits per heavy atom. The molecule has 0 fully saturated rings. The molecule has 1 amide bonds. The van der Waals surface area contributed by atoms with Gasteiger partial charge < -0.3 is 10.4 Å². The average molecular weight is 337 g/mol. The lowest BCUT2D eigenvalue weighted by Crippen LogP contribution is -2.38. The second-order valence-electron chi connectivity index (χ2n) is 3.16. The zero-order chi connectivity index (χ0) is 12.3. The normalized spacial score (nSPS) is 11.9. The van der Waals surface area contributed by atoms with Gasteiger partial charge in [0.2, 0.25) is 0 Å². The van der Waals surface area contributed by atoms with Crippen LogP contribution in [-0.4, -0.2) is 23.0 Å². The van der Waals surface area contributed by atoms with Gasteiger partial charge in [-0.15, -0.1) is 0 Å². The number of aliphatic carboxylic acids is 1. The van der Waals surface area contributed by atoms with Gasteiger partial charge in [0, 0.05) is 9.13 Å². The maximum Gasteiger partial charge on any atom is 0.325 e. The summed E-state index contributed by atoms with van der Waals surface area (Å²) in [5.74, 6) is -2.25. The van der Waals surface area contributed by atoms with Gasteiger partial charge in [0.1, 0.15) is 11.9 Å². The smallest absolute Gasteiger partial charge is 0.325 e. The Hall–Kier alpha value is -1.18. The molecule has 0 bridgehead atoms. The van der Waals surface area contributed by atoms with Crippen LogP contribution >= 0.6 is 22.6 Å². The van der Waals surface area contributed by atoms with E-state index in [2.05, 4.69) is 5.32 Å². The van der Waals surface area contributed by atoms with Gasteiger partial charge in [-0.25, -0.2) is 4.39 Å². The van der Waals surface area contributed by atoms with Crippen molar-refractivity contribution < 1.29 is 19.1 Å². The van der Waals surface area contributed by atoms with Gasteiger partial charge in [-0.3, -0.25) is 9.59 Å². The van der Waals surface area contributed by atoms with Crippen molar-refractivity contribution in [3.63, 3.8) is 0 Å². The zero-order valence-electron chi connectivity index (χ0n) is 8.33. The van der Waals surface area contributed by atoms with Crippen LogP contribution in [0.1, 0.15) is 17.3 Å². The van der Waals surface area contributed by atoms with Gasteiger partial charge in [-0.05, 0) is 47.7 Å². The van der Waals surface area contributed by atoms with Gasteiger partial charge in [0.05, 0.1) is 0 Å². The first-order valence-electron chi connectivity index (χ1n) is 4.40. The highest BCUT2D eigenvalue weighted by Gasteiger charge is 2.15. The minimum absolute atomic E-state index is 0.103. The first-order chi connectivity index (χ1) is 7.41. The molecule has 0 saturated carbocycles. The Balaban J connectivity index is 2.81. The van der Waals surface area contributed by atoms with Crippen molar-refractivity contribution in [2.75, 3.05) is 0 Å². The maximum absolute atomic E-state index is 13.1. The molecule has 0 aliphatic rings. The Kier molecular flexibility index (Phi) is 4.22. The topological polar surface area (TPSA) is 66.4 Å². The van der Waals surface area contributed by atoms with E-state index in [9.17, 15) is 14.0 Å². The summed E-state index contributed by atoms with van der Waals surface area (Å²) in [7, 11) is 0. The third-order valence-electron chi connectivity index (χ3n) is 1.90. The van der Waals surface area contributed by atoms with Gasteiger partial charge in [0.15, 0.2) is 0 Å². The number of carbonyl (C=O) groups excluding carboxylic acids is 1. The van der Waals surface area contributed by atoms with Crippen LogP contribution in [0, 0.1) is 9.39 Å². The van der Waals surface area contributed by atoms with E-state index in [1.165, 1.54) is 19.1 Å². The van der Waals surface area contributed by atoms with Crippen molar-refractivity contribution >= 4 is 34.5 Å². The monoisotopic (exact) mass is 337 g/mol. The van der Waals surface area contributed by atoms with Crippen molar-refractivity contribution in [1.29, 1.82) is 0 Å². The fraction of sp³-hybridized carbons (Fsp3) is 0.200. The van der Waals surface area contributed by atoms with E-state index in [4.69, 9.17) is 5.11 Å². The molecule has 0 radical (unpaired) electrons. The molecule has 0 aromatic heterocycles. The maximum atomic E-state index is 13.1. The van der Waals surface area contributed by atoms with Crippen molar-refractivity contribution in [1.82, 2.24) is 5.32 Å². The van der Waals surface area contributed by atoms with E-state index in [1.54, 1.807) is 22.6 Å². The summed E-state index contributed by atoms with van der Waals surface area (Å²) < 4.78 is 13.5. The minimum Gasteiger partial charge on any atom is -0.480 e. The number of hydrogen-bond acceptors (Lipinski definition) is 2. The minimum atomic E-state index is -1.14. The molecule has 1 rings (SSSR count). The van der Waals surface area contributed by atoms with Crippen molar-refractivity contribution in [2.45, 2.75) is 13.0 Å². The van der Waals surface area contributed by atoms with E-state index < -0.39 is 23.7 Å². The first kappa shape index (κ1) is 12.9. The number of hydrogen-bond donors (Lipinski definition) is 2.